The van der Waals surface area contributed by atoms with Crippen molar-refractivity contribution in [3.63, 3.8) is 0 Å². The Morgan fingerprint density at radius 1 is 1.47 bits per heavy atom. The largest absolute Gasteiger partial charge is 0.476 e. The van der Waals surface area contributed by atoms with Crippen LogP contribution < -0.4 is 11.1 Å². The van der Waals surface area contributed by atoms with Crippen molar-refractivity contribution in [3.05, 3.63) is 11.9 Å². The van der Waals surface area contributed by atoms with E-state index in [0.717, 1.165) is 25.7 Å². The lowest BCUT2D eigenvalue weighted by atomic mass is 9.91. The summed E-state index contributed by atoms with van der Waals surface area (Å²) in [4.78, 5) is 22.4. The fourth-order valence-corrected chi connectivity index (χ4v) is 2.21. The third-order valence-corrected chi connectivity index (χ3v) is 3.23. The summed E-state index contributed by atoms with van der Waals surface area (Å²) in [6.07, 6.45) is 5.18. The highest BCUT2D eigenvalue weighted by Crippen LogP contribution is 2.16. The van der Waals surface area contributed by atoms with E-state index in [1.54, 1.807) is 0 Å². The van der Waals surface area contributed by atoms with Gasteiger partial charge in [0.25, 0.3) is 0 Å². The predicted octanol–water partition coefficient (Wildman–Crippen LogP) is -0.638. The molecule has 1 fully saturated rings. The molecule has 19 heavy (non-hydrogen) atoms. The number of rotatable bonds is 4. The Labute approximate surface area is 110 Å². The number of hydrogen-bond acceptors (Lipinski definition) is 5. The van der Waals surface area contributed by atoms with Gasteiger partial charge in [0.2, 0.25) is 5.91 Å². The zero-order valence-corrected chi connectivity index (χ0v) is 10.5. The van der Waals surface area contributed by atoms with Gasteiger partial charge in [0.1, 0.15) is 6.54 Å². The standard InChI is InChI=1S/C11H17N5O3/c12-7-3-1-2-4-8(7)13-10(17)6-16-5-9(11(18)19)14-15-16/h5,7-8H,1-4,6,12H2,(H,13,17)(H,18,19). The second-order valence-electron chi connectivity index (χ2n) is 4.73. The molecule has 2 rings (SSSR count). The van der Waals surface area contributed by atoms with Crippen molar-refractivity contribution in [2.24, 2.45) is 5.73 Å². The van der Waals surface area contributed by atoms with Crippen LogP contribution in [0.2, 0.25) is 0 Å². The maximum absolute atomic E-state index is 11.8. The van der Waals surface area contributed by atoms with Gasteiger partial charge in [0.15, 0.2) is 5.69 Å². The minimum Gasteiger partial charge on any atom is -0.476 e. The van der Waals surface area contributed by atoms with E-state index in [4.69, 9.17) is 10.8 Å². The summed E-state index contributed by atoms with van der Waals surface area (Å²) < 4.78 is 1.20. The van der Waals surface area contributed by atoms with Crippen molar-refractivity contribution in [3.8, 4) is 0 Å². The van der Waals surface area contributed by atoms with Crippen LogP contribution in [0.3, 0.4) is 0 Å². The minimum atomic E-state index is -1.17. The molecule has 1 aliphatic rings. The molecule has 1 aromatic rings. The van der Waals surface area contributed by atoms with Gasteiger partial charge in [-0.05, 0) is 12.8 Å². The van der Waals surface area contributed by atoms with Crippen LogP contribution in [0.1, 0.15) is 36.2 Å². The summed E-state index contributed by atoms with van der Waals surface area (Å²) in [7, 11) is 0. The lowest BCUT2D eigenvalue weighted by Crippen LogP contribution is -2.50. The molecule has 2 atom stereocenters. The first-order valence-corrected chi connectivity index (χ1v) is 6.24. The van der Waals surface area contributed by atoms with E-state index in [1.165, 1.54) is 10.9 Å². The topological polar surface area (TPSA) is 123 Å². The number of carbonyl (C=O) groups is 2. The SMILES string of the molecule is NC1CCCCC1NC(=O)Cn1cc(C(=O)O)nn1. The quantitative estimate of drug-likeness (QED) is 0.667. The first-order valence-electron chi connectivity index (χ1n) is 6.24. The molecule has 0 radical (unpaired) electrons. The number of nitrogens with one attached hydrogen (secondary N) is 1. The highest BCUT2D eigenvalue weighted by molar-refractivity contribution is 5.84. The first-order chi connectivity index (χ1) is 9.06. The Bertz CT molecular complexity index is 473. The van der Waals surface area contributed by atoms with Crippen LogP contribution in [0.25, 0.3) is 0 Å². The van der Waals surface area contributed by atoms with Crippen LogP contribution in [-0.4, -0.2) is 44.1 Å². The molecule has 2 unspecified atom stereocenters. The fourth-order valence-electron chi connectivity index (χ4n) is 2.21. The number of carbonyl (C=O) groups excluding carboxylic acids is 1. The third kappa shape index (κ3) is 3.50. The maximum Gasteiger partial charge on any atom is 0.358 e. The summed E-state index contributed by atoms with van der Waals surface area (Å²) in [5.74, 6) is -1.40. The molecular formula is C11H17N5O3. The number of hydrogen-bond donors (Lipinski definition) is 3. The third-order valence-electron chi connectivity index (χ3n) is 3.23. The van der Waals surface area contributed by atoms with Crippen LogP contribution in [-0.2, 0) is 11.3 Å². The number of amides is 1. The molecule has 0 aliphatic heterocycles. The number of carboxylic acids is 1. The monoisotopic (exact) mass is 267 g/mol. The normalized spacial score (nSPS) is 23.0. The summed E-state index contributed by atoms with van der Waals surface area (Å²) in [6, 6.07) is -0.0215. The smallest absolute Gasteiger partial charge is 0.358 e. The molecule has 0 aromatic carbocycles. The van der Waals surface area contributed by atoms with Gasteiger partial charge in [-0.1, -0.05) is 18.1 Å². The van der Waals surface area contributed by atoms with E-state index in [2.05, 4.69) is 15.6 Å². The molecule has 8 nitrogen and oxygen atoms in total. The maximum atomic E-state index is 11.8. The second-order valence-corrected chi connectivity index (χ2v) is 4.73. The van der Waals surface area contributed by atoms with Crippen molar-refractivity contribution in [2.75, 3.05) is 0 Å². The molecule has 104 valence electrons. The Hall–Kier alpha value is -1.96. The Morgan fingerprint density at radius 2 is 2.21 bits per heavy atom. The van der Waals surface area contributed by atoms with Gasteiger partial charge < -0.3 is 16.2 Å². The molecule has 1 amide bonds. The molecule has 0 bridgehead atoms. The molecule has 8 heteroatoms. The first kappa shape index (κ1) is 13.5. The van der Waals surface area contributed by atoms with Crippen LogP contribution in [0.4, 0.5) is 0 Å². The zero-order chi connectivity index (χ0) is 13.8. The zero-order valence-electron chi connectivity index (χ0n) is 10.5. The molecule has 1 heterocycles. The number of aromatic carboxylic acids is 1. The van der Waals surface area contributed by atoms with E-state index >= 15 is 0 Å². The molecular weight excluding hydrogens is 250 g/mol. The fraction of sp³-hybridized carbons (Fsp3) is 0.636. The summed E-state index contributed by atoms with van der Waals surface area (Å²) in [6.45, 7) is -0.0521. The van der Waals surface area contributed by atoms with Gasteiger partial charge in [-0.3, -0.25) is 4.79 Å². The second kappa shape index (κ2) is 5.79. The van der Waals surface area contributed by atoms with Crippen LogP contribution >= 0.6 is 0 Å². The van der Waals surface area contributed by atoms with Gasteiger partial charge in [0.05, 0.1) is 6.20 Å². The predicted molar refractivity (Wildman–Crippen MR) is 65.4 cm³/mol. The van der Waals surface area contributed by atoms with Crippen LogP contribution in [0.5, 0.6) is 0 Å². The molecule has 0 saturated heterocycles. The van der Waals surface area contributed by atoms with Crippen molar-refractivity contribution in [1.29, 1.82) is 0 Å². The van der Waals surface area contributed by atoms with Crippen LogP contribution in [0, 0.1) is 0 Å². The van der Waals surface area contributed by atoms with E-state index in [1.807, 2.05) is 0 Å². The van der Waals surface area contributed by atoms with Gasteiger partial charge >= 0.3 is 5.97 Å². The van der Waals surface area contributed by atoms with Gasteiger partial charge in [-0.15, -0.1) is 5.10 Å². The number of nitrogens with zero attached hydrogens (tertiary/aromatic N) is 3. The number of aromatic nitrogens is 3. The highest BCUT2D eigenvalue weighted by Gasteiger charge is 2.23. The lowest BCUT2D eigenvalue weighted by molar-refractivity contribution is -0.122. The Balaban J connectivity index is 1.87. The summed E-state index contributed by atoms with van der Waals surface area (Å²) >= 11 is 0. The van der Waals surface area contributed by atoms with Crippen molar-refractivity contribution in [1.82, 2.24) is 20.3 Å². The minimum absolute atomic E-state index is 0.0104. The average molecular weight is 267 g/mol. The Kier molecular flexibility index (Phi) is 4.10. The van der Waals surface area contributed by atoms with Crippen molar-refractivity contribution >= 4 is 11.9 Å². The summed E-state index contributed by atoms with van der Waals surface area (Å²) in [5, 5.41) is 18.6. The van der Waals surface area contributed by atoms with Crippen molar-refractivity contribution < 1.29 is 14.7 Å². The molecule has 4 N–H and O–H groups in total. The number of nitrogens with two attached hydrogens (primary N) is 1. The van der Waals surface area contributed by atoms with Crippen LogP contribution in [0.15, 0.2) is 6.20 Å². The Morgan fingerprint density at radius 3 is 2.84 bits per heavy atom. The highest BCUT2D eigenvalue weighted by atomic mass is 16.4. The summed E-state index contributed by atoms with van der Waals surface area (Å²) in [5.41, 5.74) is 5.76. The van der Waals surface area contributed by atoms with Crippen molar-refractivity contribution in [2.45, 2.75) is 44.3 Å². The molecule has 0 spiro atoms. The van der Waals surface area contributed by atoms with Gasteiger partial charge in [-0.2, -0.15) is 0 Å². The lowest BCUT2D eigenvalue weighted by Gasteiger charge is -2.29. The van der Waals surface area contributed by atoms with E-state index in [9.17, 15) is 9.59 Å². The van der Waals surface area contributed by atoms with Gasteiger partial charge in [0, 0.05) is 12.1 Å². The van der Waals surface area contributed by atoms with E-state index < -0.39 is 5.97 Å². The molecule has 1 aliphatic carbocycles. The molecule has 1 saturated carbocycles. The average Bonchev–Trinajstić information content (AvgIpc) is 2.80. The van der Waals surface area contributed by atoms with Gasteiger partial charge in [-0.25, -0.2) is 9.48 Å². The van der Waals surface area contributed by atoms with E-state index in [0.29, 0.717) is 0 Å². The number of carboxylic acid groups (broad SMARTS) is 1. The van der Waals surface area contributed by atoms with E-state index in [-0.39, 0.29) is 30.2 Å². The molecule has 1 aromatic heterocycles.